The number of anilines is 1. The van der Waals surface area contributed by atoms with Gasteiger partial charge in [0.1, 0.15) is 17.2 Å². The van der Waals surface area contributed by atoms with Crippen LogP contribution < -0.4 is 13.2 Å². The lowest BCUT2D eigenvalue weighted by atomic mass is 10.0. The molecule has 1 aliphatic heterocycles. The monoisotopic (exact) mass is 444 g/mol. The third-order valence-electron chi connectivity index (χ3n) is 3.98. The predicted octanol–water partition coefficient (Wildman–Crippen LogP) is 1.78. The van der Waals surface area contributed by atoms with E-state index in [0.29, 0.717) is 21.6 Å². The van der Waals surface area contributed by atoms with E-state index in [1.165, 1.54) is 0 Å². The average molecular weight is 444 g/mol. The Kier molecular flexibility index (Phi) is 5.09. The van der Waals surface area contributed by atoms with Crippen LogP contribution in [-0.2, 0) is 26.7 Å². The Morgan fingerprint density at radius 3 is 2.48 bits per heavy atom. The molecule has 3 N–H and O–H groups in total. The van der Waals surface area contributed by atoms with Crippen molar-refractivity contribution in [2.45, 2.75) is 13.3 Å². The number of benzene rings is 2. The number of hydrogen-bond donors (Lipinski definition) is 3. The van der Waals surface area contributed by atoms with Crippen LogP contribution in [-0.4, -0.2) is 33.3 Å². The summed E-state index contributed by atoms with van der Waals surface area (Å²) in [5, 5.41) is 19.6. The van der Waals surface area contributed by atoms with Crippen LogP contribution in [0.4, 0.5) is 10.1 Å². The van der Waals surface area contributed by atoms with E-state index in [2.05, 4.69) is 0 Å². The molecule has 0 saturated carbocycles. The molecular formula is C17H17FN2O7S2. The summed E-state index contributed by atoms with van der Waals surface area (Å²) < 4.78 is 68.7. The fourth-order valence-corrected chi connectivity index (χ4v) is 4.49. The lowest BCUT2D eigenvalue weighted by molar-refractivity contribution is 0.392. The SMILES string of the molecule is Cc1cccc(Cc2cc(O)c(N3C=C(O)NS3(=O)=O)c(F)c2)c1OS(C)(=O)=O. The molecule has 156 valence electrons. The number of nitrogens with one attached hydrogen (secondary N) is 1. The van der Waals surface area contributed by atoms with Gasteiger partial charge in [-0.05, 0) is 30.2 Å². The van der Waals surface area contributed by atoms with Crippen LogP contribution >= 0.6 is 0 Å². The minimum atomic E-state index is -4.28. The van der Waals surface area contributed by atoms with Gasteiger partial charge in [0.2, 0.25) is 5.88 Å². The summed E-state index contributed by atoms with van der Waals surface area (Å²) in [7, 11) is -8.09. The Morgan fingerprint density at radius 2 is 1.93 bits per heavy atom. The van der Waals surface area contributed by atoms with E-state index in [9.17, 15) is 31.4 Å². The number of nitrogens with zero attached hydrogens (tertiary/aromatic N) is 1. The maximum atomic E-state index is 14.7. The molecule has 0 atom stereocenters. The average Bonchev–Trinajstić information content (AvgIpc) is 2.81. The molecule has 0 aliphatic carbocycles. The van der Waals surface area contributed by atoms with Crippen molar-refractivity contribution in [2.75, 3.05) is 10.6 Å². The standard InChI is InChI=1S/C17H17FN2O7S2/c1-10-4-3-5-12(17(10)27-28(2,23)24)6-11-7-13(18)16(14(21)8-11)20-9-15(22)19-29(20,25)26/h3-5,7-9,19,21-22H,6H2,1-2H3. The second-order valence-electron chi connectivity index (χ2n) is 6.39. The summed E-state index contributed by atoms with van der Waals surface area (Å²) in [5.41, 5.74) is 0.548. The van der Waals surface area contributed by atoms with Crippen molar-refractivity contribution in [1.82, 2.24) is 4.72 Å². The quantitative estimate of drug-likeness (QED) is 0.599. The Morgan fingerprint density at radius 1 is 1.24 bits per heavy atom. The minimum absolute atomic E-state index is 0.00336. The largest absolute Gasteiger partial charge is 0.506 e. The number of phenolic OH excluding ortho intramolecular Hbond substituents is 1. The number of hydrogen-bond acceptors (Lipinski definition) is 7. The van der Waals surface area contributed by atoms with Gasteiger partial charge >= 0.3 is 20.3 Å². The van der Waals surface area contributed by atoms with Crippen LogP contribution in [0.5, 0.6) is 11.5 Å². The Hall–Kier alpha value is -2.99. The Labute approximate surface area is 167 Å². The van der Waals surface area contributed by atoms with Crippen molar-refractivity contribution in [2.24, 2.45) is 0 Å². The lowest BCUT2D eigenvalue weighted by Gasteiger charge is -2.17. The third kappa shape index (κ3) is 4.38. The van der Waals surface area contributed by atoms with Crippen LogP contribution in [0.1, 0.15) is 16.7 Å². The van der Waals surface area contributed by atoms with Gasteiger partial charge in [-0.25, -0.2) is 13.4 Å². The van der Waals surface area contributed by atoms with Gasteiger partial charge in [0.25, 0.3) is 0 Å². The molecule has 1 heterocycles. The van der Waals surface area contributed by atoms with Gasteiger partial charge in [0, 0.05) is 12.0 Å². The molecule has 9 nitrogen and oxygen atoms in total. The summed E-state index contributed by atoms with van der Waals surface area (Å²) in [6, 6.07) is 7.05. The van der Waals surface area contributed by atoms with Gasteiger partial charge in [-0.3, -0.25) is 0 Å². The molecule has 29 heavy (non-hydrogen) atoms. The first kappa shape index (κ1) is 20.7. The summed E-state index contributed by atoms with van der Waals surface area (Å²) in [4.78, 5) is 0. The maximum Gasteiger partial charge on any atom is 0.330 e. The third-order valence-corrected chi connectivity index (χ3v) is 5.72. The molecule has 12 heteroatoms. The van der Waals surface area contributed by atoms with Crippen molar-refractivity contribution in [1.29, 1.82) is 0 Å². The topological polar surface area (TPSA) is 133 Å². The zero-order chi connectivity index (χ0) is 21.6. The van der Waals surface area contributed by atoms with Crippen molar-refractivity contribution in [3.05, 3.63) is 64.9 Å². The first-order valence-corrected chi connectivity index (χ1v) is 11.4. The molecule has 2 aromatic carbocycles. The van der Waals surface area contributed by atoms with Gasteiger partial charge in [-0.1, -0.05) is 18.2 Å². The number of rotatable bonds is 5. The molecule has 2 aromatic rings. The second kappa shape index (κ2) is 7.12. The second-order valence-corrected chi connectivity index (χ2v) is 9.51. The van der Waals surface area contributed by atoms with Gasteiger partial charge < -0.3 is 14.4 Å². The van der Waals surface area contributed by atoms with Crippen LogP contribution in [0.25, 0.3) is 0 Å². The fraction of sp³-hybridized carbons (Fsp3) is 0.176. The number of aryl methyl sites for hydroxylation is 1. The number of aromatic hydroxyl groups is 1. The van der Waals surface area contributed by atoms with Gasteiger partial charge in [0.05, 0.1) is 12.5 Å². The van der Waals surface area contributed by atoms with Crippen molar-refractivity contribution >= 4 is 26.0 Å². The summed E-state index contributed by atoms with van der Waals surface area (Å²) >= 11 is 0. The van der Waals surface area contributed by atoms with Gasteiger partial charge in [-0.2, -0.15) is 16.8 Å². The molecule has 0 bridgehead atoms. The smallest absolute Gasteiger partial charge is 0.330 e. The molecule has 0 aromatic heterocycles. The molecule has 0 fully saturated rings. The maximum absolute atomic E-state index is 14.7. The zero-order valence-corrected chi connectivity index (χ0v) is 16.9. The molecule has 0 amide bonds. The highest BCUT2D eigenvalue weighted by Gasteiger charge is 2.33. The highest BCUT2D eigenvalue weighted by atomic mass is 32.2. The van der Waals surface area contributed by atoms with Crippen LogP contribution in [0.2, 0.25) is 0 Å². The number of halogens is 1. The van der Waals surface area contributed by atoms with E-state index in [1.807, 2.05) is 0 Å². The van der Waals surface area contributed by atoms with E-state index in [1.54, 1.807) is 29.8 Å². The number of phenols is 1. The van der Waals surface area contributed by atoms with Gasteiger partial charge in [0.15, 0.2) is 5.82 Å². The molecule has 0 saturated heterocycles. The first-order chi connectivity index (χ1) is 13.4. The van der Waals surface area contributed by atoms with E-state index in [0.717, 1.165) is 18.4 Å². The summed E-state index contributed by atoms with van der Waals surface area (Å²) in [6.45, 7) is 1.65. The van der Waals surface area contributed by atoms with Crippen molar-refractivity contribution in [3.63, 3.8) is 0 Å². The van der Waals surface area contributed by atoms with Crippen LogP contribution in [0.3, 0.4) is 0 Å². The van der Waals surface area contributed by atoms with Crippen molar-refractivity contribution < 1.29 is 35.6 Å². The molecular weight excluding hydrogens is 427 g/mol. The highest BCUT2D eigenvalue weighted by Crippen LogP contribution is 2.37. The number of aliphatic hydroxyl groups is 1. The van der Waals surface area contributed by atoms with E-state index >= 15 is 0 Å². The zero-order valence-electron chi connectivity index (χ0n) is 15.2. The fourth-order valence-electron chi connectivity index (χ4n) is 2.88. The van der Waals surface area contributed by atoms with Gasteiger partial charge in [-0.15, -0.1) is 0 Å². The van der Waals surface area contributed by atoms with Crippen molar-refractivity contribution in [3.8, 4) is 11.5 Å². The van der Waals surface area contributed by atoms with E-state index < -0.39 is 43.5 Å². The number of aliphatic hydroxyl groups excluding tert-OH is 1. The van der Waals surface area contributed by atoms with Crippen LogP contribution in [0.15, 0.2) is 42.4 Å². The summed E-state index contributed by atoms with van der Waals surface area (Å²) in [5.74, 6) is -2.38. The minimum Gasteiger partial charge on any atom is -0.506 e. The summed E-state index contributed by atoms with van der Waals surface area (Å²) in [6.07, 6.45) is 1.62. The highest BCUT2D eigenvalue weighted by molar-refractivity contribution is 7.91. The Balaban J connectivity index is 2.01. The molecule has 0 unspecified atom stereocenters. The number of para-hydroxylation sites is 1. The predicted molar refractivity (Wildman–Crippen MR) is 103 cm³/mol. The molecule has 0 spiro atoms. The van der Waals surface area contributed by atoms with E-state index in [-0.39, 0.29) is 17.7 Å². The normalized spacial score (nSPS) is 15.7. The lowest BCUT2D eigenvalue weighted by Crippen LogP contribution is -2.30. The molecule has 0 radical (unpaired) electrons. The first-order valence-electron chi connectivity index (χ1n) is 8.09. The van der Waals surface area contributed by atoms with E-state index in [4.69, 9.17) is 4.18 Å². The Bertz CT molecular complexity index is 1200. The van der Waals surface area contributed by atoms with Crippen LogP contribution in [0, 0.1) is 12.7 Å². The molecule has 3 rings (SSSR count). The molecule has 1 aliphatic rings.